The molecule has 0 spiro atoms. The molecule has 0 aromatic carbocycles. The van der Waals surface area contributed by atoms with E-state index in [0.717, 1.165) is 6.07 Å². The summed E-state index contributed by atoms with van der Waals surface area (Å²) < 4.78 is 34.4. The third kappa shape index (κ3) is 2.43. The molecule has 1 aromatic rings. The van der Waals surface area contributed by atoms with Gasteiger partial charge in [-0.25, -0.2) is 17.8 Å². The average molecular weight is 264 g/mol. The fourth-order valence-electron chi connectivity index (χ4n) is 0.626. The van der Waals surface area contributed by atoms with Crippen LogP contribution in [0.25, 0.3) is 0 Å². The number of halogens is 4. The molecule has 0 amide bonds. The van der Waals surface area contributed by atoms with Crippen LogP contribution >= 0.6 is 33.9 Å². The first-order valence-corrected chi connectivity index (χ1v) is 5.85. The fourth-order valence-corrected chi connectivity index (χ4v) is 2.08. The van der Waals surface area contributed by atoms with Crippen molar-refractivity contribution in [1.29, 1.82) is 0 Å². The molecule has 0 radical (unpaired) electrons. The molecule has 0 saturated carbocycles. The van der Waals surface area contributed by atoms with Gasteiger partial charge in [-0.15, -0.1) is 0 Å². The Labute approximate surface area is 87.9 Å². The molecule has 0 fully saturated rings. The summed E-state index contributed by atoms with van der Waals surface area (Å²) in [5.41, 5.74) is 0. The van der Waals surface area contributed by atoms with Crippen molar-refractivity contribution in [3.8, 4) is 0 Å². The summed E-state index contributed by atoms with van der Waals surface area (Å²) in [4.78, 5) is 2.50. The van der Waals surface area contributed by atoms with Crippen LogP contribution < -0.4 is 0 Å². The number of hydrogen-bond acceptors (Lipinski definition) is 3. The Bertz CT molecular complexity index is 447. The molecule has 0 aliphatic heterocycles. The lowest BCUT2D eigenvalue weighted by molar-refractivity contribution is 0.571. The van der Waals surface area contributed by atoms with E-state index in [0.29, 0.717) is 0 Å². The standard InChI is InChI=1S/C5HCl3FNO2S/c6-3-1-2(13(8,11)12)4(9)5(7)10-3/h1H. The third-order valence-electron chi connectivity index (χ3n) is 1.12. The smallest absolute Gasteiger partial charge is 0.221 e. The maximum absolute atomic E-state index is 13.0. The quantitative estimate of drug-likeness (QED) is 0.578. The largest absolute Gasteiger partial charge is 0.264 e. The van der Waals surface area contributed by atoms with Crippen LogP contribution in [0.1, 0.15) is 0 Å². The fraction of sp³-hybridized carbons (Fsp3) is 0. The molecule has 0 aliphatic carbocycles. The Morgan fingerprint density at radius 3 is 2.38 bits per heavy atom. The van der Waals surface area contributed by atoms with E-state index in [9.17, 15) is 12.8 Å². The summed E-state index contributed by atoms with van der Waals surface area (Å²) in [6, 6.07) is 0.783. The first kappa shape index (κ1) is 11.0. The van der Waals surface area contributed by atoms with E-state index < -0.39 is 24.9 Å². The van der Waals surface area contributed by atoms with E-state index in [2.05, 4.69) is 4.98 Å². The van der Waals surface area contributed by atoms with E-state index >= 15 is 0 Å². The summed E-state index contributed by atoms with van der Waals surface area (Å²) in [6.45, 7) is 0. The van der Waals surface area contributed by atoms with Gasteiger partial charge in [0.05, 0.1) is 0 Å². The van der Waals surface area contributed by atoms with Crippen molar-refractivity contribution >= 4 is 42.9 Å². The highest BCUT2D eigenvalue weighted by molar-refractivity contribution is 8.13. The van der Waals surface area contributed by atoms with Gasteiger partial charge in [-0.2, -0.15) is 0 Å². The van der Waals surface area contributed by atoms with Crippen LogP contribution in [0.15, 0.2) is 11.0 Å². The SMILES string of the molecule is O=S(=O)(Cl)c1cc(Cl)nc(Cl)c1F. The van der Waals surface area contributed by atoms with Crippen LogP contribution in [0.3, 0.4) is 0 Å². The van der Waals surface area contributed by atoms with Crippen molar-refractivity contribution in [2.24, 2.45) is 0 Å². The van der Waals surface area contributed by atoms with Crippen molar-refractivity contribution in [1.82, 2.24) is 4.98 Å². The van der Waals surface area contributed by atoms with Crippen molar-refractivity contribution in [3.63, 3.8) is 0 Å². The van der Waals surface area contributed by atoms with Crippen LogP contribution in [0.5, 0.6) is 0 Å². The van der Waals surface area contributed by atoms with Gasteiger partial charge < -0.3 is 0 Å². The Kier molecular flexibility index (Phi) is 3.01. The van der Waals surface area contributed by atoms with Crippen LogP contribution in [-0.4, -0.2) is 13.4 Å². The topological polar surface area (TPSA) is 47.0 Å². The molecule has 0 unspecified atom stereocenters. The molecule has 13 heavy (non-hydrogen) atoms. The van der Waals surface area contributed by atoms with Gasteiger partial charge in [-0.1, -0.05) is 23.2 Å². The van der Waals surface area contributed by atoms with Gasteiger partial charge in [0.15, 0.2) is 11.0 Å². The van der Waals surface area contributed by atoms with Gasteiger partial charge in [-0.05, 0) is 6.07 Å². The predicted molar refractivity (Wildman–Crippen MR) is 47.3 cm³/mol. The average Bonchev–Trinajstić information content (AvgIpc) is 1.94. The monoisotopic (exact) mass is 263 g/mol. The number of nitrogens with zero attached hydrogens (tertiary/aromatic N) is 1. The summed E-state index contributed by atoms with van der Waals surface area (Å²) in [6.07, 6.45) is 0. The number of hydrogen-bond donors (Lipinski definition) is 0. The molecule has 1 aromatic heterocycles. The van der Waals surface area contributed by atoms with E-state index in [1.54, 1.807) is 0 Å². The van der Waals surface area contributed by atoms with Crippen LogP contribution in [-0.2, 0) is 9.05 Å². The van der Waals surface area contributed by atoms with Gasteiger partial charge >= 0.3 is 0 Å². The molecule has 3 nitrogen and oxygen atoms in total. The lowest BCUT2D eigenvalue weighted by Crippen LogP contribution is -1.98. The summed E-state index contributed by atoms with van der Waals surface area (Å²) in [5.74, 6) is -1.21. The normalized spacial score (nSPS) is 11.7. The molecule has 0 atom stereocenters. The van der Waals surface area contributed by atoms with Crippen molar-refractivity contribution in [3.05, 3.63) is 22.2 Å². The summed E-state index contributed by atoms with van der Waals surface area (Å²) >= 11 is 10.6. The van der Waals surface area contributed by atoms with Gasteiger partial charge in [0.2, 0.25) is 0 Å². The van der Waals surface area contributed by atoms with Crippen molar-refractivity contribution in [2.75, 3.05) is 0 Å². The molecule has 1 rings (SSSR count). The van der Waals surface area contributed by atoms with Gasteiger partial charge in [-0.3, -0.25) is 0 Å². The molecular weight excluding hydrogens is 263 g/mol. The molecular formula is C5HCl3FNO2S. The highest BCUT2D eigenvalue weighted by Crippen LogP contribution is 2.26. The number of aromatic nitrogens is 1. The van der Waals surface area contributed by atoms with Gasteiger partial charge in [0.1, 0.15) is 10.0 Å². The maximum atomic E-state index is 13.0. The maximum Gasteiger partial charge on any atom is 0.264 e. The second kappa shape index (κ2) is 3.57. The lowest BCUT2D eigenvalue weighted by Gasteiger charge is -2.00. The Hall–Kier alpha value is -0.100. The molecule has 72 valence electrons. The zero-order valence-electron chi connectivity index (χ0n) is 5.76. The Morgan fingerprint density at radius 2 is 1.92 bits per heavy atom. The minimum Gasteiger partial charge on any atom is -0.221 e. The van der Waals surface area contributed by atoms with Crippen LogP contribution in [0.4, 0.5) is 4.39 Å². The van der Waals surface area contributed by atoms with E-state index in [1.165, 1.54) is 0 Å². The Morgan fingerprint density at radius 1 is 1.38 bits per heavy atom. The van der Waals surface area contributed by atoms with Crippen LogP contribution in [0.2, 0.25) is 10.3 Å². The van der Waals surface area contributed by atoms with Gasteiger partial charge in [0, 0.05) is 10.7 Å². The molecule has 0 aliphatic rings. The second-order valence-corrected chi connectivity index (χ2v) is 5.27. The second-order valence-electron chi connectivity index (χ2n) is 1.99. The van der Waals surface area contributed by atoms with Crippen molar-refractivity contribution in [2.45, 2.75) is 4.90 Å². The molecule has 0 bridgehead atoms. The lowest BCUT2D eigenvalue weighted by atomic mass is 10.5. The van der Waals surface area contributed by atoms with E-state index in [1.807, 2.05) is 0 Å². The third-order valence-corrected chi connectivity index (χ3v) is 2.88. The number of rotatable bonds is 1. The first-order valence-electron chi connectivity index (χ1n) is 2.78. The molecule has 8 heteroatoms. The highest BCUT2D eigenvalue weighted by atomic mass is 35.7. The van der Waals surface area contributed by atoms with Crippen molar-refractivity contribution < 1.29 is 12.8 Å². The highest BCUT2D eigenvalue weighted by Gasteiger charge is 2.20. The van der Waals surface area contributed by atoms with E-state index in [4.69, 9.17) is 33.9 Å². The Balaban J connectivity index is 3.56. The minimum atomic E-state index is -4.19. The predicted octanol–water partition coefficient (Wildman–Crippen LogP) is 2.46. The molecule has 1 heterocycles. The van der Waals surface area contributed by atoms with E-state index in [-0.39, 0.29) is 5.15 Å². The minimum absolute atomic E-state index is 0.245. The summed E-state index contributed by atoms with van der Waals surface area (Å²) in [5, 5.41) is -0.877. The molecule has 0 N–H and O–H groups in total. The zero-order valence-corrected chi connectivity index (χ0v) is 8.85. The van der Waals surface area contributed by atoms with Gasteiger partial charge in [0.25, 0.3) is 9.05 Å². The molecule has 0 saturated heterocycles. The number of pyridine rings is 1. The summed E-state index contributed by atoms with van der Waals surface area (Å²) in [7, 11) is 0.705. The van der Waals surface area contributed by atoms with Crippen LogP contribution in [0, 0.1) is 5.82 Å². The first-order chi connectivity index (χ1) is 5.82. The zero-order chi connectivity index (χ0) is 10.2.